The molecular weight excluding hydrogens is 669 g/mol. The molecule has 3 heteroatoms. The maximum atomic E-state index is 6.43. The number of fused-ring (bicyclic) bond motifs is 8. The molecular formula is C52H34N2O. The van der Waals surface area contributed by atoms with Crippen LogP contribution in [0.1, 0.15) is 23.6 Å². The van der Waals surface area contributed by atoms with Crippen molar-refractivity contribution in [3.63, 3.8) is 0 Å². The Morgan fingerprint density at radius 2 is 1.04 bits per heavy atom. The highest BCUT2D eigenvalue weighted by molar-refractivity contribution is 6.19. The Kier molecular flexibility index (Phi) is 6.99. The SMILES string of the molecule is CC1(c2ccccc2)c2ccccc2-c2c(-c3cc(-c4cccc(-c5cc6c7ccccc7oc6c6ccccc56)c4)nc(-c4ccccc4)n3)cccc21. The maximum Gasteiger partial charge on any atom is 0.160 e. The molecule has 1 unspecified atom stereocenters. The average molecular weight is 703 g/mol. The van der Waals surface area contributed by atoms with Crippen molar-refractivity contribution in [2.45, 2.75) is 12.3 Å². The van der Waals surface area contributed by atoms with Crippen molar-refractivity contribution in [2.24, 2.45) is 0 Å². The van der Waals surface area contributed by atoms with Crippen LogP contribution < -0.4 is 0 Å². The number of benzene rings is 8. The van der Waals surface area contributed by atoms with E-state index < -0.39 is 0 Å². The molecule has 0 saturated heterocycles. The quantitative estimate of drug-likeness (QED) is 0.179. The third kappa shape index (κ3) is 4.83. The summed E-state index contributed by atoms with van der Waals surface area (Å²) in [7, 11) is 0. The fourth-order valence-electron chi connectivity index (χ4n) is 8.92. The molecule has 1 aliphatic carbocycles. The molecule has 1 aliphatic rings. The molecule has 0 saturated carbocycles. The smallest absolute Gasteiger partial charge is 0.160 e. The van der Waals surface area contributed by atoms with Crippen LogP contribution in [0.5, 0.6) is 0 Å². The molecule has 0 spiro atoms. The Balaban J connectivity index is 1.12. The van der Waals surface area contributed by atoms with Gasteiger partial charge in [-0.05, 0) is 75.5 Å². The molecule has 3 nitrogen and oxygen atoms in total. The van der Waals surface area contributed by atoms with Crippen LogP contribution in [-0.4, -0.2) is 9.97 Å². The van der Waals surface area contributed by atoms with E-state index in [0.717, 1.165) is 71.9 Å². The largest absolute Gasteiger partial charge is 0.455 e. The van der Waals surface area contributed by atoms with Gasteiger partial charge in [-0.1, -0.05) is 164 Å². The fourth-order valence-corrected chi connectivity index (χ4v) is 8.92. The van der Waals surface area contributed by atoms with Gasteiger partial charge in [0.15, 0.2) is 5.82 Å². The highest BCUT2D eigenvalue weighted by atomic mass is 16.3. The third-order valence-electron chi connectivity index (χ3n) is 11.6. The van der Waals surface area contributed by atoms with Gasteiger partial charge < -0.3 is 4.42 Å². The standard InChI is InChI=1S/C52H34N2O/c1-52(36-20-6-3-7-21-36)44-27-12-10-25-40(44)49-41(26-15-28-45(49)52)47-32-46(53-51(54-47)33-16-4-2-5-17-33)35-19-14-18-34(30-35)42-31-43-38-23-11-13-29-48(38)55-50(43)39-24-9-8-22-37(39)42/h2-32H,1H3. The van der Waals surface area contributed by atoms with E-state index in [-0.39, 0.29) is 5.41 Å². The Morgan fingerprint density at radius 1 is 0.418 bits per heavy atom. The molecule has 10 aromatic rings. The minimum absolute atomic E-state index is 0.306. The van der Waals surface area contributed by atoms with E-state index in [1.807, 2.05) is 30.3 Å². The second-order valence-electron chi connectivity index (χ2n) is 14.6. The lowest BCUT2D eigenvalue weighted by atomic mass is 9.74. The van der Waals surface area contributed by atoms with E-state index >= 15 is 0 Å². The summed E-state index contributed by atoms with van der Waals surface area (Å²) < 4.78 is 6.43. The molecule has 8 aromatic carbocycles. The molecule has 0 N–H and O–H groups in total. The van der Waals surface area contributed by atoms with Gasteiger partial charge in [0, 0.05) is 38.3 Å². The van der Waals surface area contributed by atoms with Crippen molar-refractivity contribution in [3.05, 3.63) is 205 Å². The first-order valence-electron chi connectivity index (χ1n) is 18.8. The predicted molar refractivity (Wildman–Crippen MR) is 226 cm³/mol. The Bertz CT molecular complexity index is 3110. The minimum atomic E-state index is -0.306. The van der Waals surface area contributed by atoms with Gasteiger partial charge in [0.1, 0.15) is 11.2 Å². The van der Waals surface area contributed by atoms with Crippen molar-refractivity contribution in [1.29, 1.82) is 0 Å². The molecule has 0 fully saturated rings. The van der Waals surface area contributed by atoms with Gasteiger partial charge >= 0.3 is 0 Å². The van der Waals surface area contributed by atoms with E-state index in [1.165, 1.54) is 27.8 Å². The van der Waals surface area contributed by atoms with E-state index in [0.29, 0.717) is 5.82 Å². The summed E-state index contributed by atoms with van der Waals surface area (Å²) in [5, 5.41) is 4.49. The first kappa shape index (κ1) is 31.4. The summed E-state index contributed by atoms with van der Waals surface area (Å²) in [6.07, 6.45) is 0. The van der Waals surface area contributed by atoms with Crippen molar-refractivity contribution in [1.82, 2.24) is 9.97 Å². The fraction of sp³-hybridized carbons (Fsp3) is 0.0385. The number of furan rings is 1. The number of rotatable bonds is 5. The highest BCUT2D eigenvalue weighted by Gasteiger charge is 2.41. The topological polar surface area (TPSA) is 38.9 Å². The second-order valence-corrected chi connectivity index (χ2v) is 14.6. The first-order chi connectivity index (χ1) is 27.1. The van der Waals surface area contributed by atoms with Crippen LogP contribution in [0.4, 0.5) is 0 Å². The Labute approximate surface area is 319 Å². The summed E-state index contributed by atoms with van der Waals surface area (Å²) in [5.41, 5.74) is 15.0. The molecule has 1 atom stereocenters. The van der Waals surface area contributed by atoms with Gasteiger partial charge in [-0.25, -0.2) is 9.97 Å². The highest BCUT2D eigenvalue weighted by Crippen LogP contribution is 2.55. The van der Waals surface area contributed by atoms with E-state index in [9.17, 15) is 0 Å². The summed E-state index contributed by atoms with van der Waals surface area (Å²) >= 11 is 0. The van der Waals surface area contributed by atoms with Crippen LogP contribution in [0, 0.1) is 0 Å². The summed E-state index contributed by atoms with van der Waals surface area (Å²) in [6, 6.07) is 66.8. The van der Waals surface area contributed by atoms with Gasteiger partial charge in [0.25, 0.3) is 0 Å². The molecule has 258 valence electrons. The predicted octanol–water partition coefficient (Wildman–Crippen LogP) is 13.5. The normalized spacial score (nSPS) is 14.7. The number of hydrogen-bond donors (Lipinski definition) is 0. The maximum absolute atomic E-state index is 6.43. The number of hydrogen-bond acceptors (Lipinski definition) is 3. The first-order valence-corrected chi connectivity index (χ1v) is 18.8. The molecule has 55 heavy (non-hydrogen) atoms. The molecule has 0 amide bonds. The summed E-state index contributed by atoms with van der Waals surface area (Å²) in [6.45, 7) is 2.36. The second kappa shape index (κ2) is 12.2. The van der Waals surface area contributed by atoms with E-state index in [4.69, 9.17) is 14.4 Å². The monoisotopic (exact) mass is 702 g/mol. The molecule has 2 heterocycles. The lowest BCUT2D eigenvalue weighted by Gasteiger charge is -2.28. The van der Waals surface area contributed by atoms with Crippen molar-refractivity contribution >= 4 is 32.7 Å². The zero-order valence-electron chi connectivity index (χ0n) is 30.2. The lowest BCUT2D eigenvalue weighted by molar-refractivity contribution is 0.672. The van der Waals surface area contributed by atoms with Crippen LogP contribution in [0.25, 0.3) is 88.9 Å². The zero-order chi connectivity index (χ0) is 36.5. The van der Waals surface area contributed by atoms with Gasteiger partial charge in [-0.2, -0.15) is 0 Å². The number of nitrogens with zero attached hydrogens (tertiary/aromatic N) is 2. The van der Waals surface area contributed by atoms with Gasteiger partial charge in [0.05, 0.1) is 11.4 Å². The molecule has 0 radical (unpaired) electrons. The molecule has 2 aromatic heterocycles. The van der Waals surface area contributed by atoms with Crippen LogP contribution in [0.2, 0.25) is 0 Å². The lowest BCUT2D eigenvalue weighted by Crippen LogP contribution is -2.22. The van der Waals surface area contributed by atoms with Crippen molar-refractivity contribution < 1.29 is 4.42 Å². The summed E-state index contributed by atoms with van der Waals surface area (Å²) in [5.74, 6) is 0.699. The average Bonchev–Trinajstić information content (AvgIpc) is 3.77. The van der Waals surface area contributed by atoms with Crippen molar-refractivity contribution in [2.75, 3.05) is 0 Å². The van der Waals surface area contributed by atoms with Gasteiger partial charge in [-0.3, -0.25) is 0 Å². The van der Waals surface area contributed by atoms with Crippen LogP contribution in [-0.2, 0) is 5.41 Å². The van der Waals surface area contributed by atoms with Crippen LogP contribution in [0.3, 0.4) is 0 Å². The number of aromatic nitrogens is 2. The molecule has 11 rings (SSSR count). The number of para-hydroxylation sites is 1. The van der Waals surface area contributed by atoms with Crippen LogP contribution in [0.15, 0.2) is 192 Å². The zero-order valence-corrected chi connectivity index (χ0v) is 30.2. The van der Waals surface area contributed by atoms with Crippen molar-refractivity contribution in [3.8, 4) is 56.2 Å². The van der Waals surface area contributed by atoms with Gasteiger partial charge in [0.2, 0.25) is 0 Å². The van der Waals surface area contributed by atoms with Crippen LogP contribution >= 0.6 is 0 Å². The van der Waals surface area contributed by atoms with E-state index in [1.54, 1.807) is 0 Å². The Morgan fingerprint density at radius 3 is 1.89 bits per heavy atom. The third-order valence-corrected chi connectivity index (χ3v) is 11.6. The molecule has 0 bridgehead atoms. The van der Waals surface area contributed by atoms with E-state index in [2.05, 4.69) is 165 Å². The minimum Gasteiger partial charge on any atom is -0.455 e. The molecule has 0 aliphatic heterocycles. The summed E-state index contributed by atoms with van der Waals surface area (Å²) in [4.78, 5) is 10.6. The van der Waals surface area contributed by atoms with Gasteiger partial charge in [-0.15, -0.1) is 0 Å². The Hall–Kier alpha value is -7.10.